The lowest BCUT2D eigenvalue weighted by Crippen LogP contribution is -2.74. The molecular formula is C28H38O14. The Morgan fingerprint density at radius 2 is 1.33 bits per heavy atom. The zero-order valence-corrected chi connectivity index (χ0v) is 24.6. The first-order chi connectivity index (χ1) is 19.1. The van der Waals surface area contributed by atoms with Gasteiger partial charge in [0.2, 0.25) is 0 Å². The fourth-order valence-electron chi connectivity index (χ4n) is 6.40. The molecule has 0 aromatic carbocycles. The van der Waals surface area contributed by atoms with Gasteiger partial charge in [0.25, 0.3) is 0 Å². The van der Waals surface area contributed by atoms with Gasteiger partial charge in [-0.15, -0.1) is 0 Å². The number of carbonyl (C=O) groups excluding carboxylic acids is 5. The van der Waals surface area contributed by atoms with E-state index in [0.29, 0.717) is 0 Å². The van der Waals surface area contributed by atoms with Crippen molar-refractivity contribution in [2.45, 2.75) is 109 Å². The molecular weight excluding hydrogens is 560 g/mol. The summed E-state index contributed by atoms with van der Waals surface area (Å²) in [5, 5.41) is 46.6. The van der Waals surface area contributed by atoms with Crippen molar-refractivity contribution in [3.8, 4) is 0 Å². The van der Waals surface area contributed by atoms with Crippen LogP contribution in [0.5, 0.6) is 0 Å². The first-order valence-corrected chi connectivity index (χ1v) is 13.2. The Balaban J connectivity index is 2.58. The molecule has 3 rings (SSSR count). The maximum atomic E-state index is 13.0. The van der Waals surface area contributed by atoms with Crippen molar-refractivity contribution in [2.24, 2.45) is 11.3 Å². The van der Waals surface area contributed by atoms with Crippen molar-refractivity contribution >= 4 is 29.8 Å². The van der Waals surface area contributed by atoms with Crippen LogP contribution in [0, 0.1) is 11.3 Å². The van der Waals surface area contributed by atoms with Gasteiger partial charge in [0.05, 0.1) is 5.60 Å². The molecule has 1 saturated heterocycles. The Kier molecular flexibility index (Phi) is 8.74. The molecule has 0 aromatic heterocycles. The van der Waals surface area contributed by atoms with Crippen LogP contribution in [0.1, 0.15) is 55.4 Å². The average molecular weight is 599 g/mol. The second-order valence-electron chi connectivity index (χ2n) is 11.7. The molecule has 0 aromatic rings. The third-order valence-corrected chi connectivity index (χ3v) is 8.37. The molecule has 0 spiro atoms. The summed E-state index contributed by atoms with van der Waals surface area (Å²) in [7, 11) is 0. The van der Waals surface area contributed by atoms with Crippen molar-refractivity contribution in [1.29, 1.82) is 0 Å². The maximum Gasteiger partial charge on any atom is 0.341 e. The summed E-state index contributed by atoms with van der Waals surface area (Å²) in [6, 6.07) is 0. The summed E-state index contributed by atoms with van der Waals surface area (Å²) in [6.07, 6.45) is -6.78. The van der Waals surface area contributed by atoms with Crippen LogP contribution in [0.4, 0.5) is 0 Å². The molecule has 1 fully saturated rings. The van der Waals surface area contributed by atoms with Gasteiger partial charge in [-0.3, -0.25) is 19.2 Å². The average Bonchev–Trinajstić information content (AvgIpc) is 3.00. The van der Waals surface area contributed by atoms with Crippen LogP contribution in [0.3, 0.4) is 0 Å². The van der Waals surface area contributed by atoms with Gasteiger partial charge in [0.15, 0.2) is 35.6 Å². The van der Waals surface area contributed by atoms with E-state index < -0.39 is 94.6 Å². The minimum Gasteiger partial charge on any atom is -0.459 e. The molecule has 11 atom stereocenters. The van der Waals surface area contributed by atoms with Crippen molar-refractivity contribution in [3.05, 3.63) is 23.8 Å². The van der Waals surface area contributed by atoms with Gasteiger partial charge in [-0.2, -0.15) is 0 Å². The Hall–Kier alpha value is -3.33. The minimum absolute atomic E-state index is 0.0257. The van der Waals surface area contributed by atoms with Crippen LogP contribution in [-0.4, -0.2) is 104 Å². The Labute approximate surface area is 242 Å². The van der Waals surface area contributed by atoms with E-state index >= 15 is 0 Å². The molecule has 0 bridgehead atoms. The van der Waals surface area contributed by atoms with Crippen molar-refractivity contribution in [1.82, 2.24) is 0 Å². The molecule has 0 unspecified atom stereocenters. The highest BCUT2D eigenvalue weighted by atomic mass is 16.6. The van der Waals surface area contributed by atoms with E-state index in [0.717, 1.165) is 53.7 Å². The van der Waals surface area contributed by atoms with E-state index in [4.69, 9.17) is 23.7 Å². The predicted molar refractivity (Wildman–Crippen MR) is 139 cm³/mol. The number of aliphatic hydroxyl groups is 4. The molecule has 0 saturated carbocycles. The van der Waals surface area contributed by atoms with Crippen LogP contribution >= 0.6 is 0 Å². The van der Waals surface area contributed by atoms with Gasteiger partial charge in [-0.25, -0.2) is 4.79 Å². The lowest BCUT2D eigenvalue weighted by Gasteiger charge is -2.57. The second kappa shape index (κ2) is 11.1. The fraction of sp³-hybridized carbons (Fsp3) is 0.679. The summed E-state index contributed by atoms with van der Waals surface area (Å²) >= 11 is 0. The Morgan fingerprint density at radius 1 is 0.833 bits per heavy atom. The zero-order valence-electron chi connectivity index (χ0n) is 24.6. The highest BCUT2D eigenvalue weighted by Crippen LogP contribution is 2.56. The number of esters is 5. The van der Waals surface area contributed by atoms with Gasteiger partial charge in [-0.1, -0.05) is 19.1 Å². The van der Waals surface area contributed by atoms with Crippen molar-refractivity contribution < 1.29 is 68.1 Å². The van der Waals surface area contributed by atoms with E-state index in [-0.39, 0.29) is 5.57 Å². The largest absolute Gasteiger partial charge is 0.459 e. The highest BCUT2D eigenvalue weighted by Gasteiger charge is 2.75. The van der Waals surface area contributed by atoms with Gasteiger partial charge < -0.3 is 44.1 Å². The number of carbonyl (C=O) groups is 5. The predicted octanol–water partition coefficient (Wildman–Crippen LogP) is -0.615. The zero-order chi connectivity index (χ0) is 32.2. The Morgan fingerprint density at radius 3 is 1.83 bits per heavy atom. The smallest absolute Gasteiger partial charge is 0.341 e. The normalized spacial score (nSPS) is 44.3. The molecule has 1 heterocycles. The summed E-state index contributed by atoms with van der Waals surface area (Å²) in [5.41, 5.74) is -9.81. The number of hydrogen-bond acceptors (Lipinski definition) is 14. The summed E-state index contributed by atoms with van der Waals surface area (Å²) in [5.74, 6) is -6.69. The topological polar surface area (TPSA) is 212 Å². The van der Waals surface area contributed by atoms with E-state index in [9.17, 15) is 44.4 Å². The molecule has 14 nitrogen and oxygen atoms in total. The van der Waals surface area contributed by atoms with Crippen molar-refractivity contribution in [3.63, 3.8) is 0 Å². The van der Waals surface area contributed by atoms with E-state index in [1.54, 1.807) is 0 Å². The van der Waals surface area contributed by atoms with Crippen LogP contribution in [-0.2, 0) is 47.7 Å². The third kappa shape index (κ3) is 5.32. The standard InChI is InChI=1S/C28H38O14/c1-12-11-18-28(37,27(8,36)24(34)42-18)23(41-16(5)32)21-25(6,10-9-17(33)26(21,7)35)22(40-15(4)31)20(39-14(3)30)19(12)38-13(2)29/h9-11,17-23,33,35-37H,1-8H3/b12-11-/t17-,18+,19+,20-,21-,22+,23+,25+,26-,27-,28+/m1/s1. The molecule has 1 aliphatic heterocycles. The van der Waals surface area contributed by atoms with Crippen molar-refractivity contribution in [2.75, 3.05) is 0 Å². The highest BCUT2D eigenvalue weighted by molar-refractivity contribution is 5.84. The summed E-state index contributed by atoms with van der Waals surface area (Å²) < 4.78 is 27.8. The molecule has 2 aliphatic carbocycles. The van der Waals surface area contributed by atoms with E-state index in [1.165, 1.54) is 19.9 Å². The van der Waals surface area contributed by atoms with Crippen LogP contribution < -0.4 is 0 Å². The number of hydrogen-bond donors (Lipinski definition) is 4. The maximum absolute atomic E-state index is 13.0. The molecule has 14 heteroatoms. The van der Waals surface area contributed by atoms with Crippen LogP contribution in [0.2, 0.25) is 0 Å². The molecule has 3 aliphatic rings. The van der Waals surface area contributed by atoms with Gasteiger partial charge in [-0.05, 0) is 32.4 Å². The number of ether oxygens (including phenoxy) is 5. The van der Waals surface area contributed by atoms with E-state index in [2.05, 4.69) is 0 Å². The lowest BCUT2D eigenvalue weighted by atomic mass is 9.53. The number of aliphatic hydroxyl groups excluding tert-OH is 1. The van der Waals surface area contributed by atoms with Gasteiger partial charge in [0.1, 0.15) is 12.2 Å². The first-order valence-electron chi connectivity index (χ1n) is 13.2. The number of fused-ring (bicyclic) bond motifs is 2. The fourth-order valence-corrected chi connectivity index (χ4v) is 6.40. The summed E-state index contributed by atoms with van der Waals surface area (Å²) in [6.45, 7) is 9.00. The quantitative estimate of drug-likeness (QED) is 0.181. The first kappa shape index (κ1) is 33.2. The summed E-state index contributed by atoms with van der Waals surface area (Å²) in [4.78, 5) is 62.8. The SMILES string of the molecule is CC(=O)O[C@@H]1[C@@H](OC(C)=O)/C(C)=C\[C@@H]2OC(=O)[C@@](C)(O)[C@@]2(O)[C@@H](OC(C)=O)[C@H]2[C@](C)(O)[C@H](O)C=C[C@]2(C)[C@H]1OC(C)=O. The minimum atomic E-state index is -2.85. The van der Waals surface area contributed by atoms with Crippen LogP contribution in [0.25, 0.3) is 0 Å². The number of rotatable bonds is 4. The monoisotopic (exact) mass is 598 g/mol. The second-order valence-corrected chi connectivity index (χ2v) is 11.7. The third-order valence-electron chi connectivity index (χ3n) is 8.37. The molecule has 42 heavy (non-hydrogen) atoms. The molecule has 4 N–H and O–H groups in total. The molecule has 0 radical (unpaired) electrons. The molecule has 0 amide bonds. The lowest BCUT2D eigenvalue weighted by molar-refractivity contribution is -0.264. The van der Waals surface area contributed by atoms with Gasteiger partial charge >= 0.3 is 29.8 Å². The van der Waals surface area contributed by atoms with Gasteiger partial charge in [0, 0.05) is 39.0 Å². The van der Waals surface area contributed by atoms with Crippen LogP contribution in [0.15, 0.2) is 23.8 Å². The van der Waals surface area contributed by atoms with E-state index in [1.807, 2.05) is 0 Å². The Bertz CT molecular complexity index is 1220. The molecule has 234 valence electrons.